The van der Waals surface area contributed by atoms with E-state index in [1.807, 2.05) is 77.4 Å². The molecule has 0 atom stereocenters. The number of aliphatic hydroxyl groups is 1. The van der Waals surface area contributed by atoms with Crippen LogP contribution in [0.15, 0.2) is 60.7 Å². The largest absolute Gasteiger partial charge is 0.392 e. The molecule has 1 saturated heterocycles. The van der Waals surface area contributed by atoms with Crippen LogP contribution < -0.4 is 0 Å². The monoisotopic (exact) mass is 354 g/mol. The highest BCUT2D eigenvalue weighted by Gasteiger charge is 2.23. The van der Waals surface area contributed by atoms with E-state index in [-0.39, 0.29) is 18.4 Å². The lowest BCUT2D eigenvalue weighted by Crippen LogP contribution is -2.50. The molecule has 3 rings (SSSR count). The van der Waals surface area contributed by atoms with Crippen molar-refractivity contribution >= 4 is 11.8 Å². The summed E-state index contributed by atoms with van der Waals surface area (Å²) < 4.78 is 0. The fourth-order valence-corrected chi connectivity index (χ4v) is 2.73. The summed E-state index contributed by atoms with van der Waals surface area (Å²) in [5.74, 6) is 0.223. The molecule has 0 spiro atoms. The second-order valence-corrected chi connectivity index (χ2v) is 6.04. The fraction of sp³-hybridized carbons (Fsp3) is 0.333. The third-order valence-electron chi connectivity index (χ3n) is 4.27. The number of benzene rings is 2. The normalized spacial score (nSPS) is 13.6. The summed E-state index contributed by atoms with van der Waals surface area (Å²) in [6.45, 7) is 4.54. The maximum absolute atomic E-state index is 12.2. The summed E-state index contributed by atoms with van der Waals surface area (Å²) in [5.41, 5.74) is 1.68. The van der Waals surface area contributed by atoms with Crippen molar-refractivity contribution in [3.05, 3.63) is 71.8 Å². The van der Waals surface area contributed by atoms with Crippen LogP contribution in [0.1, 0.15) is 29.3 Å². The van der Waals surface area contributed by atoms with Gasteiger partial charge in [0.25, 0.3) is 5.91 Å². The van der Waals surface area contributed by atoms with Gasteiger partial charge in [-0.05, 0) is 17.7 Å². The molecule has 2 aromatic carbocycles. The summed E-state index contributed by atoms with van der Waals surface area (Å²) in [6, 6.07) is 18.8. The van der Waals surface area contributed by atoms with Gasteiger partial charge in [0.1, 0.15) is 0 Å². The molecule has 0 unspecified atom stereocenters. The Morgan fingerprint density at radius 1 is 0.846 bits per heavy atom. The molecule has 2 amide bonds. The molecule has 1 aliphatic heterocycles. The van der Waals surface area contributed by atoms with Gasteiger partial charge in [-0.15, -0.1) is 0 Å². The van der Waals surface area contributed by atoms with Crippen LogP contribution in [0, 0.1) is 0 Å². The molecule has 0 radical (unpaired) electrons. The van der Waals surface area contributed by atoms with Crippen LogP contribution in [-0.4, -0.2) is 52.9 Å². The molecule has 2 aromatic rings. The minimum Gasteiger partial charge on any atom is -0.392 e. The number of aliphatic hydroxyl groups excluding tert-OH is 1. The molecule has 0 bridgehead atoms. The zero-order valence-electron chi connectivity index (χ0n) is 15.2. The summed E-state index contributed by atoms with van der Waals surface area (Å²) in [7, 11) is 0. The standard InChI is InChI=1S/C14H18N2O2.C7H8O/c1-2-13(17)15-8-10-16(11-9-15)14(18)12-6-4-3-5-7-12;8-6-7-4-2-1-3-5-7/h3-7H,2,8-11H2,1H3;1-5,8H,6H2. The van der Waals surface area contributed by atoms with Gasteiger partial charge in [0.05, 0.1) is 6.61 Å². The van der Waals surface area contributed by atoms with Gasteiger partial charge >= 0.3 is 0 Å². The van der Waals surface area contributed by atoms with Gasteiger partial charge in [0, 0.05) is 38.2 Å². The number of amides is 2. The lowest BCUT2D eigenvalue weighted by atomic mass is 10.2. The number of hydrogen-bond acceptors (Lipinski definition) is 3. The van der Waals surface area contributed by atoms with Crippen molar-refractivity contribution in [2.45, 2.75) is 20.0 Å². The maximum Gasteiger partial charge on any atom is 0.253 e. The topological polar surface area (TPSA) is 60.9 Å². The predicted octanol–water partition coefficient (Wildman–Crippen LogP) is 2.56. The van der Waals surface area contributed by atoms with Gasteiger partial charge in [-0.2, -0.15) is 0 Å². The molecule has 0 saturated carbocycles. The van der Waals surface area contributed by atoms with Gasteiger partial charge in [-0.25, -0.2) is 0 Å². The highest BCUT2D eigenvalue weighted by molar-refractivity contribution is 5.94. The average Bonchev–Trinajstić information content (AvgIpc) is 2.74. The smallest absolute Gasteiger partial charge is 0.253 e. The summed E-state index contributed by atoms with van der Waals surface area (Å²) in [5, 5.41) is 8.54. The Kier molecular flexibility index (Phi) is 7.83. The number of carbonyl (C=O) groups excluding carboxylic acids is 2. The lowest BCUT2D eigenvalue weighted by Gasteiger charge is -2.34. The zero-order chi connectivity index (χ0) is 18.8. The molecule has 1 heterocycles. The summed E-state index contributed by atoms with van der Waals surface area (Å²) in [6.07, 6.45) is 0.534. The molecule has 5 heteroatoms. The van der Waals surface area contributed by atoms with Crippen LogP contribution in [0.2, 0.25) is 0 Å². The van der Waals surface area contributed by atoms with E-state index in [0.29, 0.717) is 38.2 Å². The molecular formula is C21H26N2O3. The first-order valence-electron chi connectivity index (χ1n) is 8.92. The van der Waals surface area contributed by atoms with Crippen molar-refractivity contribution in [3.63, 3.8) is 0 Å². The Morgan fingerprint density at radius 3 is 1.81 bits per heavy atom. The first-order valence-corrected chi connectivity index (χ1v) is 8.92. The van der Waals surface area contributed by atoms with Crippen LogP contribution >= 0.6 is 0 Å². The van der Waals surface area contributed by atoms with Crippen LogP contribution in [0.4, 0.5) is 0 Å². The van der Waals surface area contributed by atoms with E-state index in [4.69, 9.17) is 5.11 Å². The molecule has 1 N–H and O–H groups in total. The zero-order valence-corrected chi connectivity index (χ0v) is 15.2. The van der Waals surface area contributed by atoms with Crippen molar-refractivity contribution in [1.82, 2.24) is 9.80 Å². The van der Waals surface area contributed by atoms with Crippen molar-refractivity contribution in [1.29, 1.82) is 0 Å². The molecule has 138 valence electrons. The molecular weight excluding hydrogens is 328 g/mol. The average molecular weight is 354 g/mol. The minimum atomic E-state index is 0.0548. The van der Waals surface area contributed by atoms with Crippen molar-refractivity contribution in [3.8, 4) is 0 Å². The Bertz CT molecular complexity index is 681. The highest BCUT2D eigenvalue weighted by atomic mass is 16.3. The van der Waals surface area contributed by atoms with Crippen LogP contribution in [0.25, 0.3) is 0 Å². The Morgan fingerprint density at radius 2 is 1.35 bits per heavy atom. The maximum atomic E-state index is 12.2. The Hall–Kier alpha value is -2.66. The fourth-order valence-electron chi connectivity index (χ4n) is 2.73. The minimum absolute atomic E-state index is 0.0548. The molecule has 26 heavy (non-hydrogen) atoms. The quantitative estimate of drug-likeness (QED) is 0.921. The molecule has 0 aliphatic carbocycles. The SMILES string of the molecule is CCC(=O)N1CCN(C(=O)c2ccccc2)CC1.OCc1ccccc1. The number of piperazine rings is 1. The summed E-state index contributed by atoms with van der Waals surface area (Å²) in [4.78, 5) is 27.3. The van der Waals surface area contributed by atoms with Crippen LogP contribution in [0.5, 0.6) is 0 Å². The Balaban J connectivity index is 0.000000254. The third kappa shape index (κ3) is 5.70. The van der Waals surface area contributed by atoms with E-state index in [1.165, 1.54) is 0 Å². The molecule has 1 aliphatic rings. The second kappa shape index (κ2) is 10.4. The van der Waals surface area contributed by atoms with Gasteiger partial charge in [-0.1, -0.05) is 55.5 Å². The van der Waals surface area contributed by atoms with Gasteiger partial charge in [-0.3, -0.25) is 9.59 Å². The van der Waals surface area contributed by atoms with E-state index in [0.717, 1.165) is 5.56 Å². The van der Waals surface area contributed by atoms with Crippen LogP contribution in [-0.2, 0) is 11.4 Å². The first-order chi connectivity index (χ1) is 12.7. The van der Waals surface area contributed by atoms with Crippen molar-refractivity contribution in [2.75, 3.05) is 26.2 Å². The van der Waals surface area contributed by atoms with Crippen LogP contribution in [0.3, 0.4) is 0 Å². The molecule has 0 aromatic heterocycles. The van der Waals surface area contributed by atoms with Gasteiger partial charge in [0.15, 0.2) is 0 Å². The second-order valence-electron chi connectivity index (χ2n) is 6.04. The van der Waals surface area contributed by atoms with E-state index in [1.54, 1.807) is 0 Å². The first kappa shape index (κ1) is 19.7. The third-order valence-corrected chi connectivity index (χ3v) is 4.27. The van der Waals surface area contributed by atoms with Gasteiger partial charge < -0.3 is 14.9 Å². The number of carbonyl (C=O) groups is 2. The van der Waals surface area contributed by atoms with Crippen molar-refractivity contribution < 1.29 is 14.7 Å². The highest BCUT2D eigenvalue weighted by Crippen LogP contribution is 2.09. The lowest BCUT2D eigenvalue weighted by molar-refractivity contribution is -0.132. The number of nitrogens with zero attached hydrogens (tertiary/aromatic N) is 2. The van der Waals surface area contributed by atoms with Crippen molar-refractivity contribution in [2.24, 2.45) is 0 Å². The Labute approximate surface area is 154 Å². The predicted molar refractivity (Wildman–Crippen MR) is 102 cm³/mol. The van der Waals surface area contributed by atoms with E-state index in [9.17, 15) is 9.59 Å². The molecule has 1 fully saturated rings. The van der Waals surface area contributed by atoms with E-state index in [2.05, 4.69) is 0 Å². The number of rotatable bonds is 3. The van der Waals surface area contributed by atoms with E-state index >= 15 is 0 Å². The summed E-state index contributed by atoms with van der Waals surface area (Å²) >= 11 is 0. The number of hydrogen-bond donors (Lipinski definition) is 1. The van der Waals surface area contributed by atoms with Gasteiger partial charge in [0.2, 0.25) is 5.91 Å². The molecule has 5 nitrogen and oxygen atoms in total. The van der Waals surface area contributed by atoms with E-state index < -0.39 is 0 Å².